The Hall–Kier alpha value is -4.14. The number of hydrogen-bond acceptors (Lipinski definition) is 9. The van der Waals surface area contributed by atoms with Crippen LogP contribution in [0.5, 0.6) is 5.88 Å². The maximum atomic E-state index is 13.5. The lowest BCUT2D eigenvalue weighted by Crippen LogP contribution is -2.56. The van der Waals surface area contributed by atoms with Gasteiger partial charge in [0.2, 0.25) is 17.4 Å². The summed E-state index contributed by atoms with van der Waals surface area (Å²) in [5, 5.41) is 16.4. The first-order valence-electron chi connectivity index (χ1n) is 14.5. The summed E-state index contributed by atoms with van der Waals surface area (Å²) >= 11 is 3.43. The van der Waals surface area contributed by atoms with Gasteiger partial charge in [-0.15, -0.1) is 0 Å². The first-order valence-corrected chi connectivity index (χ1v) is 15.3. The molecule has 14 nitrogen and oxygen atoms in total. The highest BCUT2D eigenvalue weighted by molar-refractivity contribution is 9.10. The number of halogens is 1. The predicted molar refractivity (Wildman–Crippen MR) is 158 cm³/mol. The van der Waals surface area contributed by atoms with E-state index in [0.29, 0.717) is 18.5 Å². The first-order chi connectivity index (χ1) is 21.1. The second-order valence-electron chi connectivity index (χ2n) is 10.4. The lowest BCUT2D eigenvalue weighted by Gasteiger charge is -2.38. The molecular formula is C29H36BrN5O9. The van der Waals surface area contributed by atoms with Crippen LogP contribution in [0.25, 0.3) is 5.69 Å². The molecule has 2 N–H and O–H groups in total. The minimum atomic E-state index is -1.21. The van der Waals surface area contributed by atoms with E-state index in [1.165, 1.54) is 20.5 Å². The van der Waals surface area contributed by atoms with Gasteiger partial charge in [0.1, 0.15) is 6.04 Å². The molecule has 238 valence electrons. The maximum Gasteiger partial charge on any atom is 0.409 e. The number of benzene rings is 1. The van der Waals surface area contributed by atoms with Gasteiger partial charge in [0, 0.05) is 43.1 Å². The van der Waals surface area contributed by atoms with E-state index in [2.05, 4.69) is 26.3 Å². The minimum absolute atomic E-state index is 0.0986. The molecule has 1 aliphatic carbocycles. The number of carbonyl (C=O) groups excluding carboxylic acids is 4. The molecule has 4 rings (SSSR count). The number of piperazine rings is 1. The van der Waals surface area contributed by atoms with Crippen molar-refractivity contribution in [2.45, 2.75) is 57.6 Å². The molecule has 2 aromatic rings. The molecule has 44 heavy (non-hydrogen) atoms. The van der Waals surface area contributed by atoms with E-state index in [1.807, 2.05) is 6.07 Å². The second-order valence-corrected chi connectivity index (χ2v) is 11.3. The second kappa shape index (κ2) is 14.6. The van der Waals surface area contributed by atoms with Gasteiger partial charge in [-0.2, -0.15) is 5.10 Å². The van der Waals surface area contributed by atoms with Crippen molar-refractivity contribution in [2.75, 3.05) is 39.4 Å². The number of hydrogen-bond donors (Lipinski definition) is 2. The Morgan fingerprint density at radius 1 is 1.02 bits per heavy atom. The molecule has 0 spiro atoms. The summed E-state index contributed by atoms with van der Waals surface area (Å²) in [6.45, 7) is 4.71. The number of ether oxygens (including phenoxy) is 3. The van der Waals surface area contributed by atoms with Gasteiger partial charge in [0.25, 0.3) is 5.91 Å². The van der Waals surface area contributed by atoms with Crippen LogP contribution >= 0.6 is 15.9 Å². The number of aliphatic carboxylic acids is 1. The number of rotatable bonds is 12. The number of esters is 1. The van der Waals surface area contributed by atoms with Crippen LogP contribution in [0.15, 0.2) is 34.8 Å². The van der Waals surface area contributed by atoms with E-state index >= 15 is 0 Å². The third-order valence-electron chi connectivity index (χ3n) is 7.44. The van der Waals surface area contributed by atoms with Crippen molar-refractivity contribution >= 4 is 45.8 Å². The third-order valence-corrected chi connectivity index (χ3v) is 7.93. The zero-order chi connectivity index (χ0) is 31.9. The molecule has 0 radical (unpaired) electrons. The summed E-state index contributed by atoms with van der Waals surface area (Å²) < 4.78 is 18.6. The highest BCUT2D eigenvalue weighted by Gasteiger charge is 2.49. The van der Waals surface area contributed by atoms with Crippen LogP contribution in [-0.2, 0) is 23.9 Å². The SMILES string of the molecule is CCOC(=O)N1CCN(C(=O)C(CCC(=O)O)NC(=O)c2cc(OC3(C(=O)OCC)CCC3)n(-c3cccc(Br)c3)n2)CC1. The van der Waals surface area contributed by atoms with Crippen LogP contribution in [-0.4, -0.2) is 106 Å². The summed E-state index contributed by atoms with van der Waals surface area (Å²) in [4.78, 5) is 66.2. The molecule has 2 heterocycles. The molecule has 1 atom stereocenters. The molecule has 2 aliphatic rings. The number of aromatic nitrogens is 2. The molecule has 1 aliphatic heterocycles. The fraction of sp³-hybridized carbons (Fsp3) is 0.517. The van der Waals surface area contributed by atoms with Gasteiger partial charge in [-0.25, -0.2) is 14.3 Å². The van der Waals surface area contributed by atoms with E-state index in [-0.39, 0.29) is 63.8 Å². The van der Waals surface area contributed by atoms with Crippen LogP contribution in [0, 0.1) is 0 Å². The molecule has 1 unspecified atom stereocenters. The van der Waals surface area contributed by atoms with Crippen LogP contribution in [0.1, 0.15) is 56.4 Å². The minimum Gasteiger partial charge on any atom is -0.481 e. The summed E-state index contributed by atoms with van der Waals surface area (Å²) in [6.07, 6.45) is 0.653. The van der Waals surface area contributed by atoms with Gasteiger partial charge >= 0.3 is 18.0 Å². The molecule has 1 aromatic heterocycles. The average Bonchev–Trinajstić information content (AvgIpc) is 3.41. The topological polar surface area (TPSA) is 170 Å². The van der Waals surface area contributed by atoms with E-state index in [4.69, 9.17) is 14.2 Å². The van der Waals surface area contributed by atoms with E-state index in [9.17, 15) is 29.1 Å². The zero-order valence-electron chi connectivity index (χ0n) is 24.6. The van der Waals surface area contributed by atoms with Crippen molar-refractivity contribution < 1.29 is 43.3 Å². The van der Waals surface area contributed by atoms with Gasteiger partial charge < -0.3 is 34.4 Å². The fourth-order valence-electron chi connectivity index (χ4n) is 4.95. The molecule has 15 heteroatoms. The van der Waals surface area contributed by atoms with Gasteiger partial charge in [0.05, 0.1) is 18.9 Å². The van der Waals surface area contributed by atoms with Crippen molar-refractivity contribution in [2.24, 2.45) is 0 Å². The third kappa shape index (κ3) is 7.68. The van der Waals surface area contributed by atoms with E-state index in [0.717, 1.165) is 10.9 Å². The number of nitrogens with one attached hydrogen (secondary N) is 1. The Balaban J connectivity index is 1.56. The van der Waals surface area contributed by atoms with Gasteiger partial charge in [-0.3, -0.25) is 14.4 Å². The molecule has 0 bridgehead atoms. The van der Waals surface area contributed by atoms with Crippen LogP contribution in [0.3, 0.4) is 0 Å². The molecule has 2 fully saturated rings. The van der Waals surface area contributed by atoms with Crippen molar-refractivity contribution in [3.8, 4) is 11.6 Å². The number of amides is 3. The predicted octanol–water partition coefficient (Wildman–Crippen LogP) is 2.76. The molecule has 1 saturated heterocycles. The standard InChI is InChI=1S/C29H36BrN5O9/c1-3-42-27(40)29(11-6-12-29)44-23-18-22(32-35(23)20-8-5-7-19(30)17-20)25(38)31-21(9-10-24(36)37)26(39)33-13-15-34(16-14-33)28(41)43-4-2/h5,7-8,17-18,21H,3-4,6,9-16H2,1-2H3,(H,31,38)(H,36,37). The van der Waals surface area contributed by atoms with Crippen molar-refractivity contribution in [3.63, 3.8) is 0 Å². The Kier molecular flexibility index (Phi) is 10.8. The van der Waals surface area contributed by atoms with E-state index < -0.39 is 41.5 Å². The average molecular weight is 679 g/mol. The van der Waals surface area contributed by atoms with Crippen molar-refractivity contribution in [3.05, 3.63) is 40.5 Å². The number of carboxylic acids is 1. The Morgan fingerprint density at radius 2 is 1.70 bits per heavy atom. The first kappa shape index (κ1) is 32.8. The lowest BCUT2D eigenvalue weighted by atomic mass is 9.80. The Bertz CT molecular complexity index is 1380. The lowest BCUT2D eigenvalue weighted by molar-refractivity contribution is -0.170. The normalized spacial score (nSPS) is 16.3. The van der Waals surface area contributed by atoms with Crippen LogP contribution < -0.4 is 10.1 Å². The smallest absolute Gasteiger partial charge is 0.409 e. The highest BCUT2D eigenvalue weighted by atomic mass is 79.9. The maximum absolute atomic E-state index is 13.5. The van der Waals surface area contributed by atoms with Crippen molar-refractivity contribution in [1.82, 2.24) is 24.9 Å². The van der Waals surface area contributed by atoms with Gasteiger partial charge in [-0.1, -0.05) is 22.0 Å². The number of nitrogens with zero attached hydrogens (tertiary/aromatic N) is 4. The van der Waals surface area contributed by atoms with E-state index in [1.54, 1.807) is 32.0 Å². The quantitative estimate of drug-likeness (QED) is 0.319. The fourth-order valence-corrected chi connectivity index (χ4v) is 5.34. The van der Waals surface area contributed by atoms with Crippen molar-refractivity contribution in [1.29, 1.82) is 0 Å². The summed E-state index contributed by atoms with van der Waals surface area (Å²) in [5.74, 6) is -2.69. The molecule has 1 aromatic carbocycles. The highest BCUT2D eigenvalue weighted by Crippen LogP contribution is 2.39. The summed E-state index contributed by atoms with van der Waals surface area (Å²) in [5.41, 5.74) is -0.762. The molecular weight excluding hydrogens is 642 g/mol. The molecule has 3 amide bonds. The van der Waals surface area contributed by atoms with Crippen LogP contribution in [0.4, 0.5) is 4.79 Å². The zero-order valence-corrected chi connectivity index (χ0v) is 26.2. The molecule has 1 saturated carbocycles. The van der Waals surface area contributed by atoms with Gasteiger partial charge in [0.15, 0.2) is 5.69 Å². The Morgan fingerprint density at radius 3 is 2.30 bits per heavy atom. The summed E-state index contributed by atoms with van der Waals surface area (Å²) in [7, 11) is 0. The van der Waals surface area contributed by atoms with Crippen LogP contribution in [0.2, 0.25) is 0 Å². The summed E-state index contributed by atoms with van der Waals surface area (Å²) in [6, 6.07) is 7.32. The Labute approximate surface area is 262 Å². The van der Waals surface area contributed by atoms with Gasteiger partial charge in [-0.05, 0) is 57.7 Å². The number of carbonyl (C=O) groups is 5. The largest absolute Gasteiger partial charge is 0.481 e. The number of carboxylic acid groups (broad SMARTS) is 1. The monoisotopic (exact) mass is 677 g/mol.